The van der Waals surface area contributed by atoms with Crippen LogP contribution in [-0.4, -0.2) is 35.4 Å². The fourth-order valence-electron chi connectivity index (χ4n) is 1.82. The Hall–Kier alpha value is -2.96. The molecule has 7 nitrogen and oxygen atoms in total. The summed E-state index contributed by atoms with van der Waals surface area (Å²) >= 11 is 0. The monoisotopic (exact) mass is 319 g/mol. The summed E-state index contributed by atoms with van der Waals surface area (Å²) in [7, 11) is 1.58. The van der Waals surface area contributed by atoms with Crippen LogP contribution in [-0.2, 0) is 16.0 Å². The predicted octanol–water partition coefficient (Wildman–Crippen LogP) is 2.76. The minimum absolute atomic E-state index is 0.178. The number of ether oxygens (including phenoxy) is 2. The van der Waals surface area contributed by atoms with E-state index in [1.807, 2.05) is 30.3 Å². The summed E-state index contributed by atoms with van der Waals surface area (Å²) < 4.78 is 14.6. The van der Waals surface area contributed by atoms with Crippen molar-refractivity contribution in [2.75, 3.05) is 7.05 Å². The van der Waals surface area contributed by atoms with Crippen molar-refractivity contribution in [3.05, 3.63) is 53.8 Å². The van der Waals surface area contributed by atoms with Crippen LogP contribution in [0.5, 0.6) is 5.95 Å². The molecular formula is C16H17NO6. The second-order valence-electron chi connectivity index (χ2n) is 4.84. The summed E-state index contributed by atoms with van der Waals surface area (Å²) in [5.41, 5.74) is 0.947. The summed E-state index contributed by atoms with van der Waals surface area (Å²) in [6, 6.07) is 11.9. The number of carbonyl (C=O) groups is 2. The van der Waals surface area contributed by atoms with E-state index in [1.54, 1.807) is 7.05 Å². The van der Waals surface area contributed by atoms with Crippen molar-refractivity contribution in [3.8, 4) is 5.95 Å². The van der Waals surface area contributed by atoms with Gasteiger partial charge >= 0.3 is 12.1 Å². The van der Waals surface area contributed by atoms with Gasteiger partial charge in [-0.1, -0.05) is 30.3 Å². The summed E-state index contributed by atoms with van der Waals surface area (Å²) in [5.74, 6) is -1.41. The lowest BCUT2D eigenvalue weighted by atomic mass is 10.2. The van der Waals surface area contributed by atoms with E-state index in [1.165, 1.54) is 24.0 Å². The summed E-state index contributed by atoms with van der Waals surface area (Å²) in [6.07, 6.45) is -1.73. The molecule has 1 amide bonds. The highest BCUT2D eigenvalue weighted by molar-refractivity contribution is 5.86. The van der Waals surface area contributed by atoms with Crippen molar-refractivity contribution in [2.24, 2.45) is 0 Å². The highest BCUT2D eigenvalue weighted by Gasteiger charge is 2.20. The van der Waals surface area contributed by atoms with Crippen LogP contribution in [0.1, 0.15) is 23.0 Å². The van der Waals surface area contributed by atoms with Crippen LogP contribution in [0, 0.1) is 0 Å². The van der Waals surface area contributed by atoms with Crippen molar-refractivity contribution in [3.63, 3.8) is 0 Å². The summed E-state index contributed by atoms with van der Waals surface area (Å²) in [6.45, 7) is 1.78. The maximum Gasteiger partial charge on any atom is 0.412 e. The number of nitrogens with zero attached hydrogens (tertiary/aromatic N) is 1. The average molecular weight is 319 g/mol. The Kier molecular flexibility index (Phi) is 5.24. The minimum atomic E-state index is -1.10. The standard InChI is InChI=1S/C16H17NO6/c1-11(21-15(19)13-8-9-14(18)23-13)22-16(20)17(2)10-12-6-4-3-5-7-12/h3-9,11,18H,10H2,1-2H3. The molecule has 122 valence electrons. The number of rotatable bonds is 5. The molecule has 0 aliphatic heterocycles. The second-order valence-corrected chi connectivity index (χ2v) is 4.84. The van der Waals surface area contributed by atoms with Crippen LogP contribution in [0.25, 0.3) is 0 Å². The van der Waals surface area contributed by atoms with E-state index in [2.05, 4.69) is 0 Å². The van der Waals surface area contributed by atoms with Crippen LogP contribution in [0.15, 0.2) is 46.9 Å². The van der Waals surface area contributed by atoms with Gasteiger partial charge in [0.2, 0.25) is 12.1 Å². The number of furan rings is 1. The molecule has 0 spiro atoms. The van der Waals surface area contributed by atoms with Gasteiger partial charge in [0.15, 0.2) is 0 Å². The Morgan fingerprint density at radius 3 is 2.48 bits per heavy atom. The fraction of sp³-hybridized carbons (Fsp3) is 0.250. The van der Waals surface area contributed by atoms with Gasteiger partial charge in [-0.15, -0.1) is 0 Å². The van der Waals surface area contributed by atoms with E-state index in [4.69, 9.17) is 19.0 Å². The SMILES string of the molecule is CC(OC(=O)c1ccc(O)o1)OC(=O)N(C)Cc1ccccc1. The zero-order valence-electron chi connectivity index (χ0n) is 12.8. The van der Waals surface area contributed by atoms with Crippen LogP contribution in [0.4, 0.5) is 4.79 Å². The first-order chi connectivity index (χ1) is 11.0. The van der Waals surface area contributed by atoms with Gasteiger partial charge in [-0.25, -0.2) is 9.59 Å². The van der Waals surface area contributed by atoms with Gasteiger partial charge < -0.3 is 23.9 Å². The molecule has 0 bridgehead atoms. The van der Waals surface area contributed by atoms with Crippen molar-refractivity contribution in [2.45, 2.75) is 19.8 Å². The molecule has 1 aromatic heterocycles. The van der Waals surface area contributed by atoms with Gasteiger partial charge in [0.05, 0.1) is 0 Å². The first kappa shape index (κ1) is 16.4. The Morgan fingerprint density at radius 2 is 1.87 bits per heavy atom. The third-order valence-electron chi connectivity index (χ3n) is 2.91. The molecular weight excluding hydrogens is 302 g/mol. The molecule has 1 heterocycles. The van der Waals surface area contributed by atoms with Crippen LogP contribution < -0.4 is 0 Å². The Labute approximate surface area is 133 Å². The first-order valence-corrected chi connectivity index (χ1v) is 6.91. The molecule has 23 heavy (non-hydrogen) atoms. The largest absolute Gasteiger partial charge is 0.481 e. The number of carbonyl (C=O) groups excluding carboxylic acids is 2. The number of esters is 1. The molecule has 0 aliphatic carbocycles. The van der Waals surface area contributed by atoms with Gasteiger partial charge in [0.1, 0.15) is 0 Å². The maximum atomic E-state index is 11.9. The Bertz CT molecular complexity index is 666. The van der Waals surface area contributed by atoms with Gasteiger partial charge in [0, 0.05) is 26.6 Å². The van der Waals surface area contributed by atoms with Crippen LogP contribution in [0.3, 0.4) is 0 Å². The van der Waals surface area contributed by atoms with Gasteiger partial charge in [-0.2, -0.15) is 0 Å². The lowest BCUT2D eigenvalue weighted by molar-refractivity contribution is -0.0700. The van der Waals surface area contributed by atoms with E-state index >= 15 is 0 Å². The van der Waals surface area contributed by atoms with Gasteiger partial charge in [-0.3, -0.25) is 0 Å². The van der Waals surface area contributed by atoms with E-state index in [9.17, 15) is 9.59 Å². The number of hydrogen-bond acceptors (Lipinski definition) is 6. The van der Waals surface area contributed by atoms with Crippen molar-refractivity contribution < 1.29 is 28.6 Å². The lowest BCUT2D eigenvalue weighted by Gasteiger charge is -2.20. The molecule has 0 saturated carbocycles. The highest BCUT2D eigenvalue weighted by atomic mass is 16.7. The quantitative estimate of drug-likeness (QED) is 0.673. The highest BCUT2D eigenvalue weighted by Crippen LogP contribution is 2.15. The molecule has 1 unspecified atom stereocenters. The van der Waals surface area contributed by atoms with Crippen molar-refractivity contribution in [1.82, 2.24) is 4.90 Å². The number of benzene rings is 1. The van der Waals surface area contributed by atoms with Crippen molar-refractivity contribution in [1.29, 1.82) is 0 Å². The van der Waals surface area contributed by atoms with Gasteiger partial charge in [0.25, 0.3) is 5.95 Å². The first-order valence-electron chi connectivity index (χ1n) is 6.91. The number of aromatic hydroxyl groups is 1. The van der Waals surface area contributed by atoms with Crippen molar-refractivity contribution >= 4 is 12.1 Å². The normalized spacial score (nSPS) is 11.6. The zero-order valence-corrected chi connectivity index (χ0v) is 12.8. The molecule has 1 N–H and O–H groups in total. The number of hydrogen-bond donors (Lipinski definition) is 1. The molecule has 7 heteroatoms. The van der Waals surface area contributed by atoms with E-state index < -0.39 is 24.3 Å². The molecule has 2 rings (SSSR count). The third-order valence-corrected chi connectivity index (χ3v) is 2.91. The average Bonchev–Trinajstić information content (AvgIpc) is 2.94. The molecule has 1 atom stereocenters. The molecule has 0 radical (unpaired) electrons. The molecule has 0 fully saturated rings. The maximum absolute atomic E-state index is 11.9. The zero-order chi connectivity index (χ0) is 16.8. The Morgan fingerprint density at radius 1 is 1.17 bits per heavy atom. The number of amides is 1. The smallest absolute Gasteiger partial charge is 0.412 e. The topological polar surface area (TPSA) is 89.2 Å². The van der Waals surface area contributed by atoms with E-state index in [-0.39, 0.29) is 5.76 Å². The second kappa shape index (κ2) is 7.35. The Balaban J connectivity index is 1.83. The van der Waals surface area contributed by atoms with E-state index in [0.29, 0.717) is 6.54 Å². The van der Waals surface area contributed by atoms with Crippen LogP contribution in [0.2, 0.25) is 0 Å². The molecule has 0 aliphatic rings. The third kappa shape index (κ3) is 4.77. The molecule has 2 aromatic rings. The molecule has 0 saturated heterocycles. The summed E-state index contributed by atoms with van der Waals surface area (Å²) in [4.78, 5) is 25.0. The predicted molar refractivity (Wildman–Crippen MR) is 79.6 cm³/mol. The van der Waals surface area contributed by atoms with Gasteiger partial charge in [-0.05, 0) is 11.6 Å². The lowest BCUT2D eigenvalue weighted by Crippen LogP contribution is -2.31. The van der Waals surface area contributed by atoms with E-state index in [0.717, 1.165) is 5.56 Å². The molecule has 1 aromatic carbocycles. The fourth-order valence-corrected chi connectivity index (χ4v) is 1.82. The van der Waals surface area contributed by atoms with Crippen LogP contribution >= 0.6 is 0 Å². The minimum Gasteiger partial charge on any atom is -0.481 e. The summed E-state index contributed by atoms with van der Waals surface area (Å²) in [5, 5.41) is 9.03.